The second-order valence-corrected chi connectivity index (χ2v) is 3.82. The lowest BCUT2D eigenvalue weighted by Gasteiger charge is -2.06. The molecule has 4 nitrogen and oxygen atoms in total. The van der Waals surface area contributed by atoms with Gasteiger partial charge in [0.25, 0.3) is 0 Å². The van der Waals surface area contributed by atoms with Crippen molar-refractivity contribution < 1.29 is 9.13 Å². The molecule has 0 atom stereocenters. The topological polar surface area (TPSA) is 58.8 Å². The van der Waals surface area contributed by atoms with Crippen LogP contribution in [0, 0.1) is 17.1 Å². The summed E-state index contributed by atoms with van der Waals surface area (Å²) in [5.74, 6) is -0.273. The van der Waals surface area contributed by atoms with Crippen LogP contribution in [0.5, 0.6) is 11.6 Å². The van der Waals surface area contributed by atoms with Crippen molar-refractivity contribution in [3.63, 3.8) is 0 Å². The fraction of sp³-hybridized carbons (Fsp3) is 0. The van der Waals surface area contributed by atoms with Crippen molar-refractivity contribution >= 4 is 15.9 Å². The maximum Gasteiger partial charge on any atom is 0.223 e. The number of nitrogens with zero attached hydrogens (tertiary/aromatic N) is 3. The minimum absolute atomic E-state index is 0.123. The molecule has 0 saturated heterocycles. The van der Waals surface area contributed by atoms with Crippen molar-refractivity contribution in [3.8, 4) is 17.7 Å². The third-order valence-electron chi connectivity index (χ3n) is 1.91. The highest BCUT2D eigenvalue weighted by Gasteiger charge is 2.10. The Morgan fingerprint density at radius 3 is 2.88 bits per heavy atom. The Morgan fingerprint density at radius 2 is 2.18 bits per heavy atom. The summed E-state index contributed by atoms with van der Waals surface area (Å²) in [4.78, 5) is 7.67. The van der Waals surface area contributed by atoms with Crippen LogP contribution < -0.4 is 4.74 Å². The molecule has 2 rings (SSSR count). The third kappa shape index (κ3) is 2.57. The molecule has 1 heterocycles. The molecule has 2 aromatic rings. The summed E-state index contributed by atoms with van der Waals surface area (Å²) in [5, 5.41) is 8.82. The average Bonchev–Trinajstić information content (AvgIpc) is 2.29. The van der Waals surface area contributed by atoms with E-state index in [9.17, 15) is 4.39 Å². The van der Waals surface area contributed by atoms with Gasteiger partial charge >= 0.3 is 0 Å². The SMILES string of the molecule is N#Cc1c(F)cccc1Oc1cc(Br)ncn1. The van der Waals surface area contributed by atoms with Crippen LogP contribution in [-0.4, -0.2) is 9.97 Å². The standard InChI is InChI=1S/C11H5BrFN3O/c12-10-4-11(16-6-15-10)17-9-3-1-2-8(13)7(9)5-14/h1-4,6H. The number of hydrogen-bond donors (Lipinski definition) is 0. The van der Waals surface area contributed by atoms with Crippen LogP contribution in [0.1, 0.15) is 5.56 Å². The molecule has 0 aliphatic rings. The molecular weight excluding hydrogens is 289 g/mol. The second kappa shape index (κ2) is 4.89. The van der Waals surface area contributed by atoms with E-state index in [1.165, 1.54) is 30.6 Å². The van der Waals surface area contributed by atoms with Crippen LogP contribution in [0.4, 0.5) is 4.39 Å². The van der Waals surface area contributed by atoms with E-state index >= 15 is 0 Å². The molecule has 0 bridgehead atoms. The van der Waals surface area contributed by atoms with Crippen molar-refractivity contribution in [1.29, 1.82) is 5.26 Å². The predicted octanol–water partition coefficient (Wildman–Crippen LogP) is 3.04. The molecule has 0 unspecified atom stereocenters. The molecule has 0 amide bonds. The first-order valence-electron chi connectivity index (χ1n) is 4.54. The lowest BCUT2D eigenvalue weighted by atomic mass is 10.2. The second-order valence-electron chi connectivity index (χ2n) is 3.01. The molecule has 6 heteroatoms. The molecule has 0 spiro atoms. The third-order valence-corrected chi connectivity index (χ3v) is 2.34. The Morgan fingerprint density at radius 1 is 1.35 bits per heavy atom. The van der Waals surface area contributed by atoms with Gasteiger partial charge in [-0.25, -0.2) is 14.4 Å². The van der Waals surface area contributed by atoms with E-state index < -0.39 is 5.82 Å². The number of hydrogen-bond acceptors (Lipinski definition) is 4. The minimum atomic E-state index is -0.627. The van der Waals surface area contributed by atoms with Crippen LogP contribution in [-0.2, 0) is 0 Å². The van der Waals surface area contributed by atoms with Gasteiger partial charge < -0.3 is 4.74 Å². The van der Waals surface area contributed by atoms with Gasteiger partial charge in [0.2, 0.25) is 5.88 Å². The summed E-state index contributed by atoms with van der Waals surface area (Å²) in [7, 11) is 0. The zero-order chi connectivity index (χ0) is 12.3. The van der Waals surface area contributed by atoms with E-state index in [1.807, 2.05) is 0 Å². The largest absolute Gasteiger partial charge is 0.437 e. The van der Waals surface area contributed by atoms with Gasteiger partial charge in [-0.05, 0) is 28.1 Å². The van der Waals surface area contributed by atoms with E-state index in [0.29, 0.717) is 4.60 Å². The van der Waals surface area contributed by atoms with Crippen molar-refractivity contribution in [2.45, 2.75) is 0 Å². The predicted molar refractivity (Wildman–Crippen MR) is 60.9 cm³/mol. The molecule has 1 aromatic carbocycles. The first-order chi connectivity index (χ1) is 8.20. The quantitative estimate of drug-likeness (QED) is 0.799. The lowest BCUT2D eigenvalue weighted by Crippen LogP contribution is -1.93. The fourth-order valence-corrected chi connectivity index (χ4v) is 1.47. The molecule has 0 radical (unpaired) electrons. The summed E-state index contributed by atoms with van der Waals surface area (Å²) in [5.41, 5.74) is -0.151. The average molecular weight is 294 g/mol. The van der Waals surface area contributed by atoms with E-state index in [1.54, 1.807) is 6.07 Å². The zero-order valence-electron chi connectivity index (χ0n) is 8.39. The molecule has 84 valence electrons. The minimum Gasteiger partial charge on any atom is -0.437 e. The maximum absolute atomic E-state index is 13.3. The van der Waals surface area contributed by atoms with E-state index in [4.69, 9.17) is 10.00 Å². The van der Waals surface area contributed by atoms with Crippen LogP contribution in [0.25, 0.3) is 0 Å². The van der Waals surface area contributed by atoms with Crippen LogP contribution >= 0.6 is 15.9 Å². The molecule has 17 heavy (non-hydrogen) atoms. The first kappa shape index (κ1) is 11.5. The van der Waals surface area contributed by atoms with E-state index in [0.717, 1.165) is 0 Å². The number of nitriles is 1. The van der Waals surface area contributed by atoms with E-state index in [2.05, 4.69) is 25.9 Å². The highest BCUT2D eigenvalue weighted by atomic mass is 79.9. The zero-order valence-corrected chi connectivity index (χ0v) is 9.98. The molecule has 1 aromatic heterocycles. The normalized spacial score (nSPS) is 9.71. The fourth-order valence-electron chi connectivity index (χ4n) is 1.18. The Bertz CT molecular complexity index is 598. The summed E-state index contributed by atoms with van der Waals surface area (Å²) < 4.78 is 19.1. The number of ether oxygens (including phenoxy) is 1. The highest BCUT2D eigenvalue weighted by molar-refractivity contribution is 9.10. The van der Waals surface area contributed by atoms with Crippen LogP contribution in [0.3, 0.4) is 0 Å². The molecule has 0 fully saturated rings. The lowest BCUT2D eigenvalue weighted by molar-refractivity contribution is 0.454. The number of aromatic nitrogens is 2. The van der Waals surface area contributed by atoms with Crippen molar-refractivity contribution in [2.24, 2.45) is 0 Å². The van der Waals surface area contributed by atoms with Crippen LogP contribution in [0.15, 0.2) is 35.2 Å². The van der Waals surface area contributed by atoms with Crippen molar-refractivity contribution in [1.82, 2.24) is 9.97 Å². The van der Waals surface area contributed by atoms with Gasteiger partial charge in [0.05, 0.1) is 0 Å². The van der Waals surface area contributed by atoms with Gasteiger partial charge in [-0.3, -0.25) is 0 Å². The van der Waals surface area contributed by atoms with Crippen molar-refractivity contribution in [2.75, 3.05) is 0 Å². The molecule has 0 saturated carbocycles. The molecule has 0 aliphatic carbocycles. The van der Waals surface area contributed by atoms with E-state index in [-0.39, 0.29) is 17.2 Å². The Hall–Kier alpha value is -2.00. The molecule has 0 aliphatic heterocycles. The summed E-state index contributed by atoms with van der Waals surface area (Å²) in [6.07, 6.45) is 1.30. The smallest absolute Gasteiger partial charge is 0.223 e. The Labute approximate surface area is 105 Å². The number of rotatable bonds is 2. The van der Waals surface area contributed by atoms with Crippen LogP contribution in [0.2, 0.25) is 0 Å². The number of benzene rings is 1. The molecular formula is C11H5BrFN3O. The Balaban J connectivity index is 2.37. The van der Waals surface area contributed by atoms with Crippen molar-refractivity contribution in [3.05, 3.63) is 46.6 Å². The van der Waals surface area contributed by atoms with Gasteiger partial charge in [-0.15, -0.1) is 0 Å². The Kier molecular flexibility index (Phi) is 3.30. The first-order valence-corrected chi connectivity index (χ1v) is 5.34. The van der Waals surface area contributed by atoms with Gasteiger partial charge in [-0.1, -0.05) is 6.07 Å². The number of halogens is 2. The molecule has 0 N–H and O–H groups in total. The maximum atomic E-state index is 13.3. The van der Waals surface area contributed by atoms with Gasteiger partial charge in [0.1, 0.15) is 34.1 Å². The van der Waals surface area contributed by atoms with Gasteiger partial charge in [0.15, 0.2) is 0 Å². The summed E-state index contributed by atoms with van der Waals surface area (Å²) in [6.45, 7) is 0. The highest BCUT2D eigenvalue weighted by Crippen LogP contribution is 2.25. The monoisotopic (exact) mass is 293 g/mol. The van der Waals surface area contributed by atoms with Gasteiger partial charge in [-0.2, -0.15) is 5.26 Å². The summed E-state index contributed by atoms with van der Waals surface area (Å²) in [6, 6.07) is 7.42. The summed E-state index contributed by atoms with van der Waals surface area (Å²) >= 11 is 3.16. The van der Waals surface area contributed by atoms with Gasteiger partial charge in [0, 0.05) is 6.07 Å².